The van der Waals surface area contributed by atoms with Gasteiger partial charge in [-0.15, -0.1) is 23.2 Å². The van der Waals surface area contributed by atoms with Crippen molar-refractivity contribution in [2.24, 2.45) is 5.92 Å². The van der Waals surface area contributed by atoms with Crippen molar-refractivity contribution in [2.75, 3.05) is 15.5 Å². The van der Waals surface area contributed by atoms with Gasteiger partial charge in [-0.05, 0) is 88.2 Å². The van der Waals surface area contributed by atoms with Gasteiger partial charge in [0.1, 0.15) is 21.4 Å². The summed E-state index contributed by atoms with van der Waals surface area (Å²) in [5.41, 5.74) is -2.75. The molecule has 9 nitrogen and oxygen atoms in total. The Morgan fingerprint density at radius 2 is 1.52 bits per heavy atom. The molecule has 16 heteroatoms. The zero-order valence-corrected chi connectivity index (χ0v) is 30.7. The third-order valence-electron chi connectivity index (χ3n) is 7.82. The van der Waals surface area contributed by atoms with Gasteiger partial charge in [0.25, 0.3) is 5.91 Å². The van der Waals surface area contributed by atoms with Crippen LogP contribution in [0.5, 0.6) is 0 Å². The van der Waals surface area contributed by atoms with Crippen LogP contribution in [0.25, 0.3) is 0 Å². The Bertz CT molecular complexity index is 1960. The number of imide groups is 1. The number of ether oxygens (including phenoxy) is 2. The van der Waals surface area contributed by atoms with Crippen LogP contribution in [0.3, 0.4) is 0 Å². The zero-order chi connectivity index (χ0) is 37.1. The van der Waals surface area contributed by atoms with E-state index in [0.29, 0.717) is 33.3 Å². The smallest absolute Gasteiger partial charge is 0.425 e. The molecule has 2 aliphatic rings. The Kier molecular flexibility index (Phi) is 10.2. The molecule has 3 aromatic carbocycles. The average molecular weight is 790 g/mol. The number of nitrogens with one attached hydrogen (secondary N) is 2. The van der Waals surface area contributed by atoms with E-state index in [2.05, 4.69) is 10.6 Å². The number of carbonyl (C=O) groups excluding carboxylic acids is 4. The number of amides is 4. The molecule has 0 bridgehead atoms. The highest BCUT2D eigenvalue weighted by atomic mass is 35.5. The number of carbonyl (C=O) groups is 4. The molecule has 0 heterocycles. The normalized spacial score (nSPS) is 20.3. The summed E-state index contributed by atoms with van der Waals surface area (Å²) in [6, 6.07) is 9.67. The molecule has 1 saturated carbocycles. The Hall–Kier alpha value is -3.61. The summed E-state index contributed by atoms with van der Waals surface area (Å²) in [4.78, 5) is 53.8. The van der Waals surface area contributed by atoms with E-state index in [4.69, 9.17) is 67.5 Å². The summed E-state index contributed by atoms with van der Waals surface area (Å²) in [7, 11) is 0. The number of anilines is 3. The van der Waals surface area contributed by atoms with Gasteiger partial charge in [0, 0.05) is 33.8 Å². The second-order valence-corrected chi connectivity index (χ2v) is 15.6. The topological polar surface area (TPSA) is 114 Å². The largest absolute Gasteiger partial charge is 0.443 e. The lowest BCUT2D eigenvalue weighted by molar-refractivity contribution is -0.117. The Balaban J connectivity index is 1.42. The first-order valence-corrected chi connectivity index (χ1v) is 16.7. The highest BCUT2D eigenvalue weighted by Gasteiger charge is 2.67. The molecular weight excluding hydrogens is 762 g/mol. The van der Waals surface area contributed by atoms with Crippen LogP contribution in [0.4, 0.5) is 35.4 Å². The van der Waals surface area contributed by atoms with Crippen molar-refractivity contribution < 1.29 is 37.4 Å². The minimum atomic E-state index is -1.49. The standard InChI is InChI=1S/C34H28Cl5F2N3O6/c1-15-14-33(15,5)50-31(48)44(30(47)49-32(2,3)4)24-12-19(40)11-23(41)27(24)43-28(45)21-13-20(6-7-22(21)37)42-29(46)26-25(34(26,38)39)16-8-17(35)10-18(36)9-16/h6-14,25-26H,1-5H3,(H,42,46)(H,43,45)/t25-,26+,33?/m0/s1. The van der Waals surface area contributed by atoms with Gasteiger partial charge in [-0.2, -0.15) is 4.90 Å². The fourth-order valence-electron chi connectivity index (χ4n) is 5.15. The summed E-state index contributed by atoms with van der Waals surface area (Å²) in [5.74, 6) is -5.76. The summed E-state index contributed by atoms with van der Waals surface area (Å²) in [6.45, 7) is 7.77. The molecule has 0 aliphatic heterocycles. The molecule has 50 heavy (non-hydrogen) atoms. The van der Waals surface area contributed by atoms with Gasteiger partial charge < -0.3 is 20.1 Å². The SMILES string of the molecule is CC1=CC1(C)OC(=O)N(C(=O)OC(C)(C)C)c1cc(F)cc(F)c1NC(=O)c1cc(NC(=O)[C@H]2[C@H](c3cc(Cl)cc(Cl)c3)C2(Cl)Cl)ccc1Cl. The van der Waals surface area contributed by atoms with Gasteiger partial charge in [0.15, 0.2) is 11.4 Å². The monoisotopic (exact) mass is 787 g/mol. The second kappa shape index (κ2) is 13.5. The van der Waals surface area contributed by atoms with Crippen molar-refractivity contribution in [3.8, 4) is 0 Å². The molecule has 0 radical (unpaired) electrons. The number of hydrogen-bond donors (Lipinski definition) is 2. The predicted octanol–water partition coefficient (Wildman–Crippen LogP) is 10.3. The number of nitrogens with zero attached hydrogens (tertiary/aromatic N) is 1. The van der Waals surface area contributed by atoms with Crippen LogP contribution in [0.15, 0.2) is 60.2 Å². The van der Waals surface area contributed by atoms with Crippen molar-refractivity contribution in [2.45, 2.75) is 56.1 Å². The Morgan fingerprint density at radius 1 is 0.900 bits per heavy atom. The minimum absolute atomic E-state index is 0.0859. The van der Waals surface area contributed by atoms with Crippen LogP contribution >= 0.6 is 58.0 Å². The zero-order valence-electron chi connectivity index (χ0n) is 26.9. The third kappa shape index (κ3) is 7.97. The first-order chi connectivity index (χ1) is 23.1. The molecule has 2 N–H and O–H groups in total. The van der Waals surface area contributed by atoms with Crippen LogP contribution in [-0.4, -0.2) is 39.5 Å². The first-order valence-electron chi connectivity index (χ1n) is 14.8. The summed E-state index contributed by atoms with van der Waals surface area (Å²) >= 11 is 31.5. The van der Waals surface area contributed by atoms with E-state index in [1.165, 1.54) is 45.0 Å². The summed E-state index contributed by atoms with van der Waals surface area (Å²) in [6.07, 6.45) is -1.07. The molecule has 3 aromatic rings. The molecule has 1 fully saturated rings. The maximum Gasteiger partial charge on any atom is 0.425 e. The van der Waals surface area contributed by atoms with Crippen LogP contribution < -0.4 is 15.5 Å². The maximum atomic E-state index is 15.4. The van der Waals surface area contributed by atoms with Gasteiger partial charge >= 0.3 is 12.2 Å². The van der Waals surface area contributed by atoms with E-state index >= 15 is 4.39 Å². The molecule has 1 unspecified atom stereocenters. The van der Waals surface area contributed by atoms with Gasteiger partial charge in [0.2, 0.25) is 5.91 Å². The van der Waals surface area contributed by atoms with E-state index in [0.717, 1.165) is 0 Å². The van der Waals surface area contributed by atoms with Crippen molar-refractivity contribution in [1.82, 2.24) is 0 Å². The van der Waals surface area contributed by atoms with E-state index in [1.807, 2.05) is 0 Å². The fraction of sp³-hybridized carbons (Fsp3) is 0.294. The second-order valence-electron chi connectivity index (χ2n) is 12.9. The number of benzene rings is 3. The number of halogens is 7. The van der Waals surface area contributed by atoms with E-state index in [9.17, 15) is 23.6 Å². The van der Waals surface area contributed by atoms with Crippen LogP contribution in [-0.2, 0) is 14.3 Å². The van der Waals surface area contributed by atoms with Gasteiger partial charge in [-0.3, -0.25) is 9.59 Å². The number of hydrogen-bond acceptors (Lipinski definition) is 6. The third-order valence-corrected chi connectivity index (χ3v) is 9.53. The molecule has 0 saturated heterocycles. The highest BCUT2D eigenvalue weighted by molar-refractivity contribution is 6.53. The van der Waals surface area contributed by atoms with Crippen LogP contribution in [0.1, 0.15) is 56.5 Å². The van der Waals surface area contributed by atoms with Crippen molar-refractivity contribution in [3.63, 3.8) is 0 Å². The predicted molar refractivity (Wildman–Crippen MR) is 189 cm³/mol. The van der Waals surface area contributed by atoms with Gasteiger partial charge in [0.05, 0.1) is 22.2 Å². The lowest BCUT2D eigenvalue weighted by Gasteiger charge is -2.28. The molecular formula is C34H28Cl5F2N3O6. The van der Waals surface area contributed by atoms with Crippen molar-refractivity contribution in [3.05, 3.63) is 98.0 Å². The number of rotatable bonds is 7. The Labute approximate surface area is 310 Å². The molecule has 2 aliphatic carbocycles. The lowest BCUT2D eigenvalue weighted by Crippen LogP contribution is -2.43. The van der Waals surface area contributed by atoms with Crippen LogP contribution in [0, 0.1) is 17.6 Å². The fourth-order valence-corrected chi connectivity index (χ4v) is 6.73. The van der Waals surface area contributed by atoms with E-state index in [1.54, 1.807) is 32.1 Å². The Morgan fingerprint density at radius 3 is 2.10 bits per heavy atom. The average Bonchev–Trinajstić information content (AvgIpc) is 3.77. The molecule has 0 aromatic heterocycles. The lowest BCUT2D eigenvalue weighted by atomic mass is 10.1. The van der Waals surface area contributed by atoms with Gasteiger partial charge in [-0.1, -0.05) is 34.8 Å². The molecule has 4 amide bonds. The molecule has 0 spiro atoms. The quantitative estimate of drug-likeness (QED) is 0.182. The first kappa shape index (κ1) is 37.6. The van der Waals surface area contributed by atoms with Crippen molar-refractivity contribution in [1.29, 1.82) is 0 Å². The summed E-state index contributed by atoms with van der Waals surface area (Å²) in [5, 5.41) is 5.42. The molecule has 264 valence electrons. The molecule has 3 atom stereocenters. The van der Waals surface area contributed by atoms with Crippen LogP contribution in [0.2, 0.25) is 15.1 Å². The van der Waals surface area contributed by atoms with E-state index < -0.39 is 74.4 Å². The molecule has 5 rings (SSSR count). The maximum absolute atomic E-state index is 15.4. The van der Waals surface area contributed by atoms with E-state index in [-0.39, 0.29) is 21.2 Å². The van der Waals surface area contributed by atoms with Gasteiger partial charge in [-0.25, -0.2) is 18.4 Å². The minimum Gasteiger partial charge on any atom is -0.443 e. The highest BCUT2D eigenvalue weighted by Crippen LogP contribution is 2.65. The number of alkyl halides is 2. The van der Waals surface area contributed by atoms with Crippen molar-refractivity contribution >= 4 is 99.1 Å². The summed E-state index contributed by atoms with van der Waals surface area (Å²) < 4.78 is 39.4.